The van der Waals surface area contributed by atoms with Gasteiger partial charge in [0.1, 0.15) is 6.23 Å². The minimum absolute atomic E-state index is 0. The average molecular weight is 386 g/mol. The highest BCUT2D eigenvalue weighted by atomic mass is 35.5. The van der Waals surface area contributed by atoms with Gasteiger partial charge in [-0.1, -0.05) is 42.5 Å². The topological polar surface area (TPSA) is 87.4 Å². The fourth-order valence-electron chi connectivity index (χ4n) is 2.37. The minimum atomic E-state index is -1.18. The Morgan fingerprint density at radius 3 is 2.16 bits per heavy atom. The van der Waals surface area contributed by atoms with E-state index < -0.39 is 12.1 Å². The molecule has 5 N–H and O–H groups in total. The van der Waals surface area contributed by atoms with Crippen molar-refractivity contribution in [2.45, 2.75) is 19.2 Å². The van der Waals surface area contributed by atoms with E-state index in [9.17, 15) is 9.90 Å². The first-order valence-electron chi connectivity index (χ1n) is 7.62. The Morgan fingerprint density at radius 2 is 1.64 bits per heavy atom. The number of nitrogens with two attached hydrogens (primary N) is 1. The average Bonchev–Trinajstić information content (AvgIpc) is 2.59. The lowest BCUT2D eigenvalue weighted by molar-refractivity contribution is -0.127. The zero-order chi connectivity index (χ0) is 16.7. The van der Waals surface area contributed by atoms with Crippen LogP contribution in [-0.4, -0.2) is 24.3 Å². The second-order valence-electron chi connectivity index (χ2n) is 5.45. The largest absolute Gasteiger partial charge is 0.381 e. The maximum Gasteiger partial charge on any atom is 0.227 e. The van der Waals surface area contributed by atoms with Gasteiger partial charge in [-0.15, -0.1) is 24.8 Å². The Morgan fingerprint density at radius 1 is 1.04 bits per heavy atom. The number of halogens is 2. The molecule has 2 unspecified atom stereocenters. The van der Waals surface area contributed by atoms with E-state index in [1.54, 1.807) is 0 Å². The van der Waals surface area contributed by atoms with Gasteiger partial charge in [0.15, 0.2) is 0 Å². The summed E-state index contributed by atoms with van der Waals surface area (Å²) in [4.78, 5) is 11.7. The smallest absolute Gasteiger partial charge is 0.227 e. The summed E-state index contributed by atoms with van der Waals surface area (Å²) in [6.45, 7) is 0.753. The summed E-state index contributed by atoms with van der Waals surface area (Å²) in [5.74, 6) is -0.908. The van der Waals surface area contributed by atoms with E-state index in [1.807, 2.05) is 42.5 Å². The molecule has 0 fully saturated rings. The van der Waals surface area contributed by atoms with Gasteiger partial charge in [-0.3, -0.25) is 4.79 Å². The van der Waals surface area contributed by atoms with Crippen LogP contribution in [0, 0.1) is 5.92 Å². The van der Waals surface area contributed by atoms with Crippen LogP contribution in [0.2, 0.25) is 0 Å². The summed E-state index contributed by atoms with van der Waals surface area (Å²) in [7, 11) is 1.54. The third kappa shape index (κ3) is 7.32. The standard InChI is InChI=1S/C18H23N3O2.2ClH/c1-20-18(23)16(17(19)22)11-13-7-9-15(10-8-13)21-12-14-5-3-2-4-6-14;;/h2-10,16-17,21-22H,11-12,19H2,1H3,(H,20,23);2*1H. The van der Waals surface area contributed by atoms with Gasteiger partial charge in [-0.05, 0) is 29.7 Å². The number of benzene rings is 2. The molecule has 0 heterocycles. The van der Waals surface area contributed by atoms with Gasteiger partial charge in [0, 0.05) is 19.3 Å². The van der Waals surface area contributed by atoms with Crippen molar-refractivity contribution in [1.82, 2.24) is 5.32 Å². The van der Waals surface area contributed by atoms with Crippen molar-refractivity contribution in [2.75, 3.05) is 12.4 Å². The van der Waals surface area contributed by atoms with Crippen molar-refractivity contribution in [1.29, 1.82) is 0 Å². The highest BCUT2D eigenvalue weighted by Crippen LogP contribution is 2.15. The van der Waals surface area contributed by atoms with E-state index in [-0.39, 0.29) is 30.7 Å². The maximum absolute atomic E-state index is 11.7. The van der Waals surface area contributed by atoms with Gasteiger partial charge in [0.05, 0.1) is 5.92 Å². The number of amides is 1. The Hall–Kier alpha value is -1.79. The Bertz CT molecular complexity index is 622. The molecule has 0 aliphatic rings. The van der Waals surface area contributed by atoms with Crippen LogP contribution in [0.4, 0.5) is 5.69 Å². The van der Waals surface area contributed by atoms with E-state index in [1.165, 1.54) is 12.6 Å². The molecule has 7 heteroatoms. The molecule has 0 saturated heterocycles. The Labute approximate surface area is 160 Å². The molecule has 2 aromatic carbocycles. The van der Waals surface area contributed by atoms with Gasteiger partial charge < -0.3 is 21.5 Å². The van der Waals surface area contributed by atoms with Crippen molar-refractivity contribution in [2.24, 2.45) is 11.7 Å². The zero-order valence-electron chi connectivity index (χ0n) is 14.0. The number of aliphatic hydroxyl groups excluding tert-OH is 1. The Kier molecular flexibility index (Phi) is 10.9. The third-order valence-corrected chi connectivity index (χ3v) is 3.74. The predicted molar refractivity (Wildman–Crippen MR) is 106 cm³/mol. The summed E-state index contributed by atoms with van der Waals surface area (Å²) in [6, 6.07) is 17.9. The second-order valence-corrected chi connectivity index (χ2v) is 5.45. The first kappa shape index (κ1) is 23.2. The highest BCUT2D eigenvalue weighted by molar-refractivity contribution is 5.85. The first-order valence-corrected chi connectivity index (χ1v) is 7.62. The number of rotatable bonds is 7. The number of hydrogen-bond donors (Lipinski definition) is 4. The van der Waals surface area contributed by atoms with E-state index >= 15 is 0 Å². The molecular weight excluding hydrogens is 361 g/mol. The monoisotopic (exact) mass is 385 g/mol. The second kappa shape index (κ2) is 11.7. The quantitative estimate of drug-likeness (QED) is 0.550. The summed E-state index contributed by atoms with van der Waals surface area (Å²) in [5, 5.41) is 15.4. The van der Waals surface area contributed by atoms with E-state index in [2.05, 4.69) is 22.8 Å². The molecule has 0 aliphatic heterocycles. The molecule has 0 bridgehead atoms. The van der Waals surface area contributed by atoms with Crippen LogP contribution < -0.4 is 16.4 Å². The predicted octanol–water partition coefficient (Wildman–Crippen LogP) is 2.32. The molecule has 2 atom stereocenters. The summed E-state index contributed by atoms with van der Waals surface area (Å²) >= 11 is 0. The van der Waals surface area contributed by atoms with Crippen molar-refractivity contribution >= 4 is 36.4 Å². The van der Waals surface area contributed by atoms with Gasteiger partial charge in [0.2, 0.25) is 5.91 Å². The molecular formula is C18H25Cl2N3O2. The molecule has 5 nitrogen and oxygen atoms in total. The van der Waals surface area contributed by atoms with Gasteiger partial charge in [-0.2, -0.15) is 0 Å². The number of aliphatic hydroxyl groups is 1. The van der Waals surface area contributed by atoms with Crippen LogP contribution >= 0.6 is 24.8 Å². The van der Waals surface area contributed by atoms with E-state index in [4.69, 9.17) is 5.73 Å². The number of nitrogens with one attached hydrogen (secondary N) is 2. The van der Waals surface area contributed by atoms with Crippen molar-refractivity contribution < 1.29 is 9.90 Å². The fourth-order valence-corrected chi connectivity index (χ4v) is 2.37. The lowest BCUT2D eigenvalue weighted by atomic mass is 9.97. The third-order valence-electron chi connectivity index (χ3n) is 3.74. The van der Waals surface area contributed by atoms with Crippen LogP contribution in [0.25, 0.3) is 0 Å². The molecule has 0 radical (unpaired) electrons. The first-order chi connectivity index (χ1) is 11.1. The number of carbonyl (C=O) groups is 1. The summed E-state index contributed by atoms with van der Waals surface area (Å²) in [5.41, 5.74) is 8.65. The van der Waals surface area contributed by atoms with Crippen molar-refractivity contribution in [3.05, 3.63) is 65.7 Å². The minimum Gasteiger partial charge on any atom is -0.381 e. The fraction of sp³-hybridized carbons (Fsp3) is 0.278. The number of carbonyl (C=O) groups excluding carboxylic acids is 1. The molecule has 0 aliphatic carbocycles. The van der Waals surface area contributed by atoms with Crippen LogP contribution in [0.3, 0.4) is 0 Å². The van der Waals surface area contributed by atoms with Crippen LogP contribution in [-0.2, 0) is 17.8 Å². The van der Waals surface area contributed by atoms with Gasteiger partial charge in [-0.25, -0.2) is 0 Å². The van der Waals surface area contributed by atoms with E-state index in [0.717, 1.165) is 17.8 Å². The Balaban J connectivity index is 0.00000288. The molecule has 0 saturated carbocycles. The van der Waals surface area contributed by atoms with Crippen molar-refractivity contribution in [3.8, 4) is 0 Å². The van der Waals surface area contributed by atoms with Gasteiger partial charge >= 0.3 is 0 Å². The maximum atomic E-state index is 11.7. The molecule has 138 valence electrons. The molecule has 2 rings (SSSR count). The SMILES string of the molecule is CNC(=O)C(Cc1ccc(NCc2ccccc2)cc1)C(N)O.Cl.Cl. The summed E-state index contributed by atoms with van der Waals surface area (Å²) in [6.07, 6.45) is -0.776. The van der Waals surface area contributed by atoms with E-state index in [0.29, 0.717) is 6.42 Å². The molecule has 0 aromatic heterocycles. The number of anilines is 1. The lowest BCUT2D eigenvalue weighted by Gasteiger charge is -2.18. The lowest BCUT2D eigenvalue weighted by Crippen LogP contribution is -2.41. The van der Waals surface area contributed by atoms with Crippen molar-refractivity contribution in [3.63, 3.8) is 0 Å². The molecule has 25 heavy (non-hydrogen) atoms. The molecule has 1 amide bonds. The molecule has 2 aromatic rings. The summed E-state index contributed by atoms with van der Waals surface area (Å²) < 4.78 is 0. The van der Waals surface area contributed by atoms with Crippen LogP contribution in [0.5, 0.6) is 0 Å². The molecule has 0 spiro atoms. The van der Waals surface area contributed by atoms with Crippen LogP contribution in [0.1, 0.15) is 11.1 Å². The normalized spacial score (nSPS) is 12.1. The van der Waals surface area contributed by atoms with Crippen LogP contribution in [0.15, 0.2) is 54.6 Å². The van der Waals surface area contributed by atoms with Gasteiger partial charge in [0.25, 0.3) is 0 Å². The zero-order valence-corrected chi connectivity index (χ0v) is 15.6. The number of hydrogen-bond acceptors (Lipinski definition) is 4. The highest BCUT2D eigenvalue weighted by Gasteiger charge is 2.23.